The van der Waals surface area contributed by atoms with Gasteiger partial charge in [-0.15, -0.1) is 0 Å². The zero-order valence-electron chi connectivity index (χ0n) is 16.6. The topological polar surface area (TPSA) is 41.1 Å². The van der Waals surface area contributed by atoms with Gasteiger partial charge in [0.15, 0.2) is 0 Å². The van der Waals surface area contributed by atoms with Crippen LogP contribution in [0.25, 0.3) is 11.1 Å². The molecule has 0 fully saturated rings. The Morgan fingerprint density at radius 2 is 1.54 bits per heavy atom. The zero-order chi connectivity index (χ0) is 20.4. The van der Waals surface area contributed by atoms with Gasteiger partial charge in [0.2, 0.25) is 0 Å². The molecule has 0 saturated heterocycles. The normalized spacial score (nSPS) is 10.0. The van der Waals surface area contributed by atoms with E-state index in [1.807, 2.05) is 93.6 Å². The summed E-state index contributed by atoms with van der Waals surface area (Å²) < 4.78 is 13.6. The zero-order valence-corrected chi connectivity index (χ0v) is 16.6. The van der Waals surface area contributed by atoms with E-state index in [0.717, 1.165) is 16.7 Å². The average molecular weight is 378 g/mol. The van der Waals surface area contributed by atoms with Gasteiger partial charge in [0, 0.05) is 17.3 Å². The molecule has 0 aliphatic rings. The molecule has 0 aliphatic heterocycles. The highest BCUT2D eigenvalue weighted by atomic mass is 19.1. The predicted molar refractivity (Wildman–Crippen MR) is 115 cm³/mol. The summed E-state index contributed by atoms with van der Waals surface area (Å²) in [6, 6.07) is 25.0. The molecule has 0 unspecified atom stereocenters. The van der Waals surface area contributed by atoms with Crippen LogP contribution in [0.4, 0.5) is 14.9 Å². The Morgan fingerprint density at radius 1 is 0.929 bits per heavy atom. The summed E-state index contributed by atoms with van der Waals surface area (Å²) in [5, 5.41) is 5.47. The van der Waals surface area contributed by atoms with Crippen LogP contribution in [0.1, 0.15) is 25.0 Å². The lowest BCUT2D eigenvalue weighted by Gasteiger charge is -2.15. The second-order valence-corrected chi connectivity index (χ2v) is 6.74. The van der Waals surface area contributed by atoms with Crippen molar-refractivity contribution >= 4 is 11.7 Å². The van der Waals surface area contributed by atoms with Crippen LogP contribution in [-0.2, 0) is 6.67 Å². The Balaban J connectivity index is 0.000000397. The van der Waals surface area contributed by atoms with Gasteiger partial charge in [-0.25, -0.2) is 9.18 Å². The monoisotopic (exact) mass is 378 g/mol. The van der Waals surface area contributed by atoms with Crippen molar-refractivity contribution in [2.24, 2.45) is 0 Å². The van der Waals surface area contributed by atoms with E-state index in [2.05, 4.69) is 10.6 Å². The number of amides is 2. The highest BCUT2D eigenvalue weighted by Crippen LogP contribution is 2.30. The molecule has 3 aromatic carbocycles. The first-order chi connectivity index (χ1) is 13.5. The Morgan fingerprint density at radius 3 is 2.07 bits per heavy atom. The number of urea groups is 1. The van der Waals surface area contributed by atoms with Crippen LogP contribution in [0.2, 0.25) is 0 Å². The van der Waals surface area contributed by atoms with Crippen molar-refractivity contribution in [3.8, 4) is 11.1 Å². The fourth-order valence-electron chi connectivity index (χ4n) is 2.74. The van der Waals surface area contributed by atoms with Gasteiger partial charge in [0.05, 0.1) is 0 Å². The summed E-state index contributed by atoms with van der Waals surface area (Å²) >= 11 is 0. The fourth-order valence-corrected chi connectivity index (χ4v) is 2.74. The molecule has 2 amide bonds. The summed E-state index contributed by atoms with van der Waals surface area (Å²) in [5.41, 5.74) is 3.85. The van der Waals surface area contributed by atoms with Gasteiger partial charge in [-0.05, 0) is 38.0 Å². The number of halogens is 1. The lowest BCUT2D eigenvalue weighted by Crippen LogP contribution is -2.34. The number of aryl methyl sites for hydroxylation is 1. The summed E-state index contributed by atoms with van der Waals surface area (Å²) in [6.45, 7) is 5.11. The minimum absolute atomic E-state index is 0.0220. The van der Waals surface area contributed by atoms with Crippen molar-refractivity contribution in [1.82, 2.24) is 5.32 Å². The van der Waals surface area contributed by atoms with E-state index in [1.54, 1.807) is 6.07 Å². The van der Waals surface area contributed by atoms with Gasteiger partial charge in [0.25, 0.3) is 0 Å². The molecule has 3 nitrogen and oxygen atoms in total. The molecule has 0 bridgehead atoms. The van der Waals surface area contributed by atoms with Crippen molar-refractivity contribution in [3.63, 3.8) is 0 Å². The number of anilines is 1. The maximum atomic E-state index is 13.6. The predicted octanol–water partition coefficient (Wildman–Crippen LogP) is 6.35. The van der Waals surface area contributed by atoms with Crippen molar-refractivity contribution in [2.45, 2.75) is 33.5 Å². The molecule has 0 spiro atoms. The number of alkyl halides is 1. The Kier molecular flexibility index (Phi) is 8.22. The van der Waals surface area contributed by atoms with Gasteiger partial charge in [-0.1, -0.05) is 78.4 Å². The fraction of sp³-hybridized carbons (Fsp3) is 0.208. The molecule has 4 heteroatoms. The Labute approximate surface area is 166 Å². The van der Waals surface area contributed by atoms with Crippen molar-refractivity contribution < 1.29 is 9.18 Å². The third-order valence-electron chi connectivity index (χ3n) is 3.97. The van der Waals surface area contributed by atoms with Crippen LogP contribution in [0.5, 0.6) is 0 Å². The Hall–Kier alpha value is -3.14. The molecular formula is C24H27FN2O. The molecule has 3 rings (SSSR count). The van der Waals surface area contributed by atoms with E-state index in [0.29, 0.717) is 11.3 Å². The average Bonchev–Trinajstić information content (AvgIpc) is 2.69. The lowest BCUT2D eigenvalue weighted by atomic mass is 9.97. The molecule has 146 valence electrons. The second kappa shape index (κ2) is 10.9. The summed E-state index contributed by atoms with van der Waals surface area (Å²) in [7, 11) is 0. The molecule has 0 radical (unpaired) electrons. The third kappa shape index (κ3) is 6.54. The van der Waals surface area contributed by atoms with Crippen LogP contribution in [-0.4, -0.2) is 12.1 Å². The smallest absolute Gasteiger partial charge is 0.319 e. The first-order valence-corrected chi connectivity index (χ1v) is 9.33. The molecule has 0 heterocycles. The summed E-state index contributed by atoms with van der Waals surface area (Å²) in [4.78, 5) is 11.8. The molecule has 28 heavy (non-hydrogen) atoms. The van der Waals surface area contributed by atoms with Crippen molar-refractivity contribution in [1.29, 1.82) is 0 Å². The highest BCUT2D eigenvalue weighted by Gasteiger charge is 2.12. The highest BCUT2D eigenvalue weighted by molar-refractivity contribution is 5.91. The summed E-state index contributed by atoms with van der Waals surface area (Å²) in [6.07, 6.45) is 0. The number of hydrogen-bond donors (Lipinski definition) is 2. The van der Waals surface area contributed by atoms with E-state index >= 15 is 0 Å². The van der Waals surface area contributed by atoms with Gasteiger partial charge in [-0.3, -0.25) is 0 Å². The van der Waals surface area contributed by atoms with Crippen molar-refractivity contribution in [2.75, 3.05) is 5.32 Å². The lowest BCUT2D eigenvalue weighted by molar-refractivity contribution is 0.250. The van der Waals surface area contributed by atoms with Gasteiger partial charge >= 0.3 is 6.03 Å². The summed E-state index contributed by atoms with van der Waals surface area (Å²) in [5.74, 6) is 0. The number of rotatable bonds is 4. The number of carbonyl (C=O) groups excluding carboxylic acids is 1. The van der Waals surface area contributed by atoms with Gasteiger partial charge in [0.1, 0.15) is 6.67 Å². The van der Waals surface area contributed by atoms with E-state index < -0.39 is 6.67 Å². The quantitative estimate of drug-likeness (QED) is 0.546. The Bertz CT molecular complexity index is 852. The standard InChI is InChI=1S/C18H21FN2O.C6H6/c1-12(2)20-18(22)21-17-9-5-8-15(16(17)11-19)14-7-4-6-13(3)10-14;1-2-4-6-5-3-1/h4-10,12H,11H2,1-3H3,(H2,20,21,22);1-6H. The molecule has 2 N–H and O–H groups in total. The minimum Gasteiger partial charge on any atom is -0.336 e. The van der Waals surface area contributed by atoms with Gasteiger partial charge < -0.3 is 10.6 Å². The number of nitrogens with one attached hydrogen (secondary N) is 2. The molecule has 0 aromatic heterocycles. The minimum atomic E-state index is -0.637. The first kappa shape index (κ1) is 21.2. The van der Waals surface area contributed by atoms with Crippen LogP contribution in [0, 0.1) is 6.92 Å². The number of benzene rings is 3. The van der Waals surface area contributed by atoms with E-state index in [1.165, 1.54) is 0 Å². The maximum Gasteiger partial charge on any atom is 0.319 e. The largest absolute Gasteiger partial charge is 0.336 e. The van der Waals surface area contributed by atoms with Crippen molar-refractivity contribution in [3.05, 3.63) is 90.0 Å². The molecular weight excluding hydrogens is 351 g/mol. The maximum absolute atomic E-state index is 13.6. The van der Waals surface area contributed by atoms with E-state index in [-0.39, 0.29) is 12.1 Å². The molecule has 3 aromatic rings. The van der Waals surface area contributed by atoms with Gasteiger partial charge in [-0.2, -0.15) is 0 Å². The van der Waals surface area contributed by atoms with Crippen LogP contribution in [0.3, 0.4) is 0 Å². The SMILES string of the molecule is Cc1cccc(-c2cccc(NC(=O)NC(C)C)c2CF)c1.c1ccccc1. The van der Waals surface area contributed by atoms with Crippen LogP contribution in [0.15, 0.2) is 78.9 Å². The van der Waals surface area contributed by atoms with E-state index in [9.17, 15) is 9.18 Å². The third-order valence-corrected chi connectivity index (χ3v) is 3.97. The van der Waals surface area contributed by atoms with Crippen LogP contribution < -0.4 is 10.6 Å². The first-order valence-electron chi connectivity index (χ1n) is 9.33. The molecule has 0 aliphatic carbocycles. The number of carbonyl (C=O) groups is 1. The van der Waals surface area contributed by atoms with E-state index in [4.69, 9.17) is 0 Å². The molecule has 0 atom stereocenters. The molecule has 0 saturated carbocycles. The second-order valence-electron chi connectivity index (χ2n) is 6.74. The van der Waals surface area contributed by atoms with Crippen LogP contribution >= 0.6 is 0 Å². The number of hydrogen-bond acceptors (Lipinski definition) is 1.